The van der Waals surface area contributed by atoms with Gasteiger partial charge in [-0.2, -0.15) is 0 Å². The van der Waals surface area contributed by atoms with Crippen LogP contribution in [0.4, 0.5) is 0 Å². The van der Waals surface area contributed by atoms with E-state index in [0.717, 1.165) is 16.3 Å². The fraction of sp³-hybridized carbons (Fsp3) is 0.0500. The highest BCUT2D eigenvalue weighted by Gasteiger charge is 2.07. The number of benzene rings is 3. The van der Waals surface area contributed by atoms with Crippen LogP contribution < -0.4 is 5.63 Å². The van der Waals surface area contributed by atoms with E-state index in [1.54, 1.807) is 18.2 Å². The first-order valence-electron chi connectivity index (χ1n) is 7.42. The molecule has 3 heteroatoms. The molecule has 0 aliphatic rings. The van der Waals surface area contributed by atoms with Gasteiger partial charge in [-0.1, -0.05) is 42.5 Å². The van der Waals surface area contributed by atoms with Crippen LogP contribution in [0.1, 0.15) is 11.1 Å². The maximum atomic E-state index is 12.2. The fourth-order valence-corrected chi connectivity index (χ4v) is 2.85. The Labute approximate surface area is 132 Å². The molecule has 1 heterocycles. The van der Waals surface area contributed by atoms with E-state index in [9.17, 15) is 9.90 Å². The number of hydrogen-bond donors (Lipinski definition) is 1. The van der Waals surface area contributed by atoms with Gasteiger partial charge in [-0.05, 0) is 40.6 Å². The number of aromatic hydroxyl groups is 1. The molecule has 0 fully saturated rings. The summed E-state index contributed by atoms with van der Waals surface area (Å²) >= 11 is 0. The van der Waals surface area contributed by atoms with Gasteiger partial charge in [-0.15, -0.1) is 0 Å². The van der Waals surface area contributed by atoms with E-state index in [0.29, 0.717) is 17.6 Å². The Kier molecular flexibility index (Phi) is 3.12. The Balaban J connectivity index is 1.78. The Morgan fingerprint density at radius 2 is 1.65 bits per heavy atom. The second-order valence-electron chi connectivity index (χ2n) is 5.64. The summed E-state index contributed by atoms with van der Waals surface area (Å²) in [5.41, 5.74) is 1.78. The van der Waals surface area contributed by atoms with Crippen molar-refractivity contribution in [1.29, 1.82) is 0 Å². The Morgan fingerprint density at radius 1 is 0.826 bits per heavy atom. The molecule has 23 heavy (non-hydrogen) atoms. The van der Waals surface area contributed by atoms with Gasteiger partial charge in [0.15, 0.2) is 0 Å². The number of phenols is 1. The van der Waals surface area contributed by atoms with E-state index < -0.39 is 0 Å². The summed E-state index contributed by atoms with van der Waals surface area (Å²) in [7, 11) is 0. The van der Waals surface area contributed by atoms with Crippen LogP contribution in [0.3, 0.4) is 0 Å². The molecule has 0 spiro atoms. The number of rotatable bonds is 2. The van der Waals surface area contributed by atoms with Crippen molar-refractivity contribution < 1.29 is 9.52 Å². The van der Waals surface area contributed by atoms with Crippen molar-refractivity contribution in [3.63, 3.8) is 0 Å². The van der Waals surface area contributed by atoms with Crippen molar-refractivity contribution in [2.24, 2.45) is 0 Å². The highest BCUT2D eigenvalue weighted by Crippen LogP contribution is 2.21. The topological polar surface area (TPSA) is 50.4 Å². The zero-order valence-corrected chi connectivity index (χ0v) is 12.3. The van der Waals surface area contributed by atoms with Crippen molar-refractivity contribution in [1.82, 2.24) is 0 Å². The summed E-state index contributed by atoms with van der Waals surface area (Å²) in [5.74, 6) is 0.156. The fourth-order valence-electron chi connectivity index (χ4n) is 2.85. The zero-order valence-electron chi connectivity index (χ0n) is 12.3. The average molecular weight is 302 g/mol. The lowest BCUT2D eigenvalue weighted by molar-refractivity contribution is 0.475. The first-order valence-corrected chi connectivity index (χ1v) is 7.42. The highest BCUT2D eigenvalue weighted by atomic mass is 16.4. The zero-order chi connectivity index (χ0) is 15.8. The molecule has 0 bridgehead atoms. The van der Waals surface area contributed by atoms with E-state index in [1.807, 2.05) is 18.2 Å². The van der Waals surface area contributed by atoms with E-state index >= 15 is 0 Å². The van der Waals surface area contributed by atoms with Gasteiger partial charge in [-0.25, -0.2) is 4.79 Å². The first-order chi connectivity index (χ1) is 11.2. The van der Waals surface area contributed by atoms with Crippen molar-refractivity contribution in [3.8, 4) is 5.75 Å². The van der Waals surface area contributed by atoms with Crippen LogP contribution in [0.25, 0.3) is 21.7 Å². The molecule has 3 aromatic carbocycles. The van der Waals surface area contributed by atoms with Crippen LogP contribution in [0.2, 0.25) is 0 Å². The predicted molar refractivity (Wildman–Crippen MR) is 90.9 cm³/mol. The molecule has 1 aromatic heterocycles. The smallest absolute Gasteiger partial charge is 0.339 e. The summed E-state index contributed by atoms with van der Waals surface area (Å²) < 4.78 is 5.34. The molecule has 4 aromatic rings. The molecule has 0 atom stereocenters. The number of fused-ring (bicyclic) bond motifs is 2. The van der Waals surface area contributed by atoms with Gasteiger partial charge < -0.3 is 9.52 Å². The van der Waals surface area contributed by atoms with Gasteiger partial charge in [0.2, 0.25) is 0 Å². The quantitative estimate of drug-likeness (QED) is 0.563. The normalized spacial score (nSPS) is 11.1. The van der Waals surface area contributed by atoms with Crippen LogP contribution in [-0.4, -0.2) is 5.11 Å². The standard InChI is InChI=1S/C20H14O3/c21-18-7-8-19-16(12-18)11-17(20(22)23-19)10-13-5-6-14-3-1-2-4-15(14)9-13/h1-9,11-12,21H,10H2. The molecule has 1 N–H and O–H groups in total. The summed E-state index contributed by atoms with van der Waals surface area (Å²) in [5, 5.41) is 12.6. The van der Waals surface area contributed by atoms with Crippen LogP contribution in [0, 0.1) is 0 Å². The minimum absolute atomic E-state index is 0.156. The molecule has 0 radical (unpaired) electrons. The van der Waals surface area contributed by atoms with Crippen molar-refractivity contribution in [2.45, 2.75) is 6.42 Å². The summed E-state index contributed by atoms with van der Waals surface area (Å²) in [6.45, 7) is 0. The maximum Gasteiger partial charge on any atom is 0.339 e. The Morgan fingerprint density at radius 3 is 2.52 bits per heavy atom. The predicted octanol–water partition coefficient (Wildman–Crippen LogP) is 4.24. The third kappa shape index (κ3) is 2.57. The van der Waals surface area contributed by atoms with Gasteiger partial charge in [0.25, 0.3) is 0 Å². The van der Waals surface area contributed by atoms with E-state index in [4.69, 9.17) is 4.42 Å². The third-order valence-corrected chi connectivity index (χ3v) is 4.00. The average Bonchev–Trinajstić information content (AvgIpc) is 2.56. The second kappa shape index (κ2) is 5.29. The number of phenolic OH excluding ortho intramolecular Hbond substituents is 1. The lowest BCUT2D eigenvalue weighted by atomic mass is 10.0. The van der Waals surface area contributed by atoms with E-state index in [2.05, 4.69) is 24.3 Å². The van der Waals surface area contributed by atoms with Gasteiger partial charge in [0.1, 0.15) is 11.3 Å². The minimum Gasteiger partial charge on any atom is -0.508 e. The van der Waals surface area contributed by atoms with Crippen LogP contribution in [-0.2, 0) is 6.42 Å². The molecule has 112 valence electrons. The largest absolute Gasteiger partial charge is 0.508 e. The third-order valence-electron chi connectivity index (χ3n) is 4.00. The lowest BCUT2D eigenvalue weighted by Crippen LogP contribution is -2.07. The lowest BCUT2D eigenvalue weighted by Gasteiger charge is -2.05. The van der Waals surface area contributed by atoms with E-state index in [1.165, 1.54) is 11.5 Å². The van der Waals surface area contributed by atoms with E-state index in [-0.39, 0.29) is 11.4 Å². The molecule has 0 saturated heterocycles. The minimum atomic E-state index is -0.337. The van der Waals surface area contributed by atoms with Gasteiger partial charge in [0.05, 0.1) is 0 Å². The Hall–Kier alpha value is -3.07. The van der Waals surface area contributed by atoms with Crippen molar-refractivity contribution in [3.05, 3.63) is 88.3 Å². The SMILES string of the molecule is O=c1oc2ccc(O)cc2cc1Cc1ccc2ccccc2c1. The molecular weight excluding hydrogens is 288 g/mol. The Bertz CT molecular complexity index is 1080. The maximum absolute atomic E-state index is 12.2. The van der Waals surface area contributed by atoms with Gasteiger partial charge in [0, 0.05) is 17.4 Å². The van der Waals surface area contributed by atoms with Crippen molar-refractivity contribution in [2.75, 3.05) is 0 Å². The monoisotopic (exact) mass is 302 g/mol. The summed E-state index contributed by atoms with van der Waals surface area (Å²) in [4.78, 5) is 12.2. The molecule has 4 rings (SSSR count). The van der Waals surface area contributed by atoms with Crippen molar-refractivity contribution >= 4 is 21.7 Å². The molecule has 3 nitrogen and oxygen atoms in total. The molecule has 0 saturated carbocycles. The number of hydrogen-bond acceptors (Lipinski definition) is 3. The molecule has 0 aliphatic heterocycles. The molecular formula is C20H14O3. The molecule has 0 amide bonds. The molecule has 0 unspecified atom stereocenters. The molecule has 0 aliphatic carbocycles. The van der Waals surface area contributed by atoms with Crippen LogP contribution in [0.15, 0.2) is 75.9 Å². The van der Waals surface area contributed by atoms with Gasteiger partial charge >= 0.3 is 5.63 Å². The van der Waals surface area contributed by atoms with Crippen LogP contribution in [0.5, 0.6) is 5.75 Å². The highest BCUT2D eigenvalue weighted by molar-refractivity contribution is 5.83. The van der Waals surface area contributed by atoms with Gasteiger partial charge in [-0.3, -0.25) is 0 Å². The van der Waals surface area contributed by atoms with Crippen LogP contribution >= 0.6 is 0 Å². The first kappa shape index (κ1) is 13.6. The second-order valence-corrected chi connectivity index (χ2v) is 5.64. The summed E-state index contributed by atoms with van der Waals surface area (Å²) in [6.07, 6.45) is 0.499. The summed E-state index contributed by atoms with van der Waals surface area (Å²) in [6, 6.07) is 20.8.